The van der Waals surface area contributed by atoms with Gasteiger partial charge in [0.1, 0.15) is 11.4 Å². The zero-order valence-electron chi connectivity index (χ0n) is 20.6. The molecule has 2 aromatic rings. The van der Waals surface area contributed by atoms with E-state index in [2.05, 4.69) is 42.9 Å². The molecule has 2 rings (SSSR count). The summed E-state index contributed by atoms with van der Waals surface area (Å²) in [5.41, 5.74) is 0.566. The third-order valence-electron chi connectivity index (χ3n) is 5.23. The largest absolute Gasteiger partial charge is 0.496 e. The lowest BCUT2D eigenvalue weighted by Gasteiger charge is -2.30. The number of hydrogen-bond donors (Lipinski definition) is 1. The molecular formula is C23H34N4O5S. The third-order valence-corrected chi connectivity index (χ3v) is 6.15. The second-order valence-corrected chi connectivity index (χ2v) is 8.80. The van der Waals surface area contributed by atoms with Gasteiger partial charge in [0.2, 0.25) is 0 Å². The summed E-state index contributed by atoms with van der Waals surface area (Å²) in [5, 5.41) is 4.95. The Kier molecular flexibility index (Phi) is 9.48. The summed E-state index contributed by atoms with van der Waals surface area (Å²) in [6.45, 7) is 9.79. The zero-order chi connectivity index (χ0) is 24.7. The van der Waals surface area contributed by atoms with Gasteiger partial charge in [0.25, 0.3) is 11.8 Å². The normalized spacial score (nSPS) is 11.1. The number of anilines is 1. The van der Waals surface area contributed by atoms with E-state index in [1.807, 2.05) is 0 Å². The highest BCUT2D eigenvalue weighted by Gasteiger charge is 2.24. The number of thiazole rings is 1. The van der Waals surface area contributed by atoms with Gasteiger partial charge in [-0.2, -0.15) is 0 Å². The van der Waals surface area contributed by atoms with Crippen molar-refractivity contribution in [3.63, 3.8) is 0 Å². The molecule has 1 aromatic heterocycles. The first-order chi connectivity index (χ1) is 15.6. The number of nitrogens with zero attached hydrogens (tertiary/aromatic N) is 3. The minimum Gasteiger partial charge on any atom is -0.496 e. The zero-order valence-corrected chi connectivity index (χ0v) is 21.4. The SMILES string of the molecule is COc1cc(OC)c(C(=O)N(C)c2nc(C(=O)NCCN(C(C)C)C(C)C)cs2)cc1OC. The summed E-state index contributed by atoms with van der Waals surface area (Å²) in [7, 11) is 6.08. The molecule has 0 aliphatic heterocycles. The fourth-order valence-corrected chi connectivity index (χ4v) is 4.26. The standard InChI is InChI=1S/C23H34N4O5S/c1-14(2)27(15(3)4)10-9-24-21(28)17-13-33-23(25-17)26(5)22(29)16-11-19(31-7)20(32-8)12-18(16)30-6/h11-15H,9-10H2,1-8H3,(H,24,28). The number of amides is 2. The highest BCUT2D eigenvalue weighted by atomic mass is 32.1. The number of hydrogen-bond acceptors (Lipinski definition) is 8. The molecule has 182 valence electrons. The van der Waals surface area contributed by atoms with Crippen LogP contribution in [0.2, 0.25) is 0 Å². The van der Waals surface area contributed by atoms with Crippen LogP contribution in [0.4, 0.5) is 5.13 Å². The molecule has 1 heterocycles. The van der Waals surface area contributed by atoms with Crippen LogP contribution < -0.4 is 24.4 Å². The number of carbonyl (C=O) groups excluding carboxylic acids is 2. The number of aromatic nitrogens is 1. The monoisotopic (exact) mass is 478 g/mol. The summed E-state index contributed by atoms with van der Waals surface area (Å²) in [6, 6.07) is 3.94. The number of rotatable bonds is 11. The van der Waals surface area contributed by atoms with Crippen LogP contribution in [0.25, 0.3) is 0 Å². The van der Waals surface area contributed by atoms with Gasteiger partial charge in [-0.1, -0.05) is 0 Å². The minimum atomic E-state index is -0.349. The smallest absolute Gasteiger partial charge is 0.270 e. The van der Waals surface area contributed by atoms with Crippen molar-refractivity contribution >= 4 is 28.3 Å². The number of nitrogens with one attached hydrogen (secondary N) is 1. The van der Waals surface area contributed by atoms with Gasteiger partial charge in [0, 0.05) is 49.7 Å². The van der Waals surface area contributed by atoms with Crippen molar-refractivity contribution < 1.29 is 23.8 Å². The second kappa shape index (κ2) is 11.9. The topological polar surface area (TPSA) is 93.2 Å². The quantitative estimate of drug-likeness (QED) is 0.530. The minimum absolute atomic E-state index is 0.269. The molecule has 1 aromatic carbocycles. The maximum atomic E-state index is 13.2. The van der Waals surface area contributed by atoms with Gasteiger partial charge in [0.05, 0.1) is 26.9 Å². The van der Waals surface area contributed by atoms with Crippen molar-refractivity contribution in [1.29, 1.82) is 0 Å². The van der Waals surface area contributed by atoms with E-state index in [4.69, 9.17) is 14.2 Å². The van der Waals surface area contributed by atoms with Crippen LogP contribution in [0.3, 0.4) is 0 Å². The van der Waals surface area contributed by atoms with Crippen LogP contribution in [0.15, 0.2) is 17.5 Å². The third kappa shape index (κ3) is 6.35. The average molecular weight is 479 g/mol. The second-order valence-electron chi connectivity index (χ2n) is 7.97. The number of carbonyl (C=O) groups is 2. The molecule has 33 heavy (non-hydrogen) atoms. The van der Waals surface area contributed by atoms with Gasteiger partial charge in [-0.3, -0.25) is 19.4 Å². The van der Waals surface area contributed by atoms with Crippen LogP contribution >= 0.6 is 11.3 Å². The van der Waals surface area contributed by atoms with E-state index in [0.29, 0.717) is 46.6 Å². The predicted molar refractivity (Wildman–Crippen MR) is 130 cm³/mol. The first-order valence-corrected chi connectivity index (χ1v) is 11.6. The van der Waals surface area contributed by atoms with Crippen molar-refractivity contribution in [3.8, 4) is 17.2 Å². The van der Waals surface area contributed by atoms with Gasteiger partial charge < -0.3 is 19.5 Å². The van der Waals surface area contributed by atoms with Crippen LogP contribution in [-0.2, 0) is 0 Å². The molecule has 0 fully saturated rings. The summed E-state index contributed by atoms with van der Waals surface area (Å²) < 4.78 is 16.0. The maximum absolute atomic E-state index is 13.2. The van der Waals surface area contributed by atoms with Gasteiger partial charge >= 0.3 is 0 Å². The van der Waals surface area contributed by atoms with E-state index < -0.39 is 0 Å². The lowest BCUT2D eigenvalue weighted by molar-refractivity contribution is 0.0933. The van der Waals surface area contributed by atoms with E-state index in [9.17, 15) is 9.59 Å². The summed E-state index contributed by atoms with van der Waals surface area (Å²) >= 11 is 1.22. The fraction of sp³-hybridized carbons (Fsp3) is 0.522. The molecule has 0 saturated carbocycles. The van der Waals surface area contributed by atoms with E-state index >= 15 is 0 Å². The molecule has 0 bridgehead atoms. The van der Waals surface area contributed by atoms with Gasteiger partial charge in [-0.15, -0.1) is 11.3 Å². The molecule has 0 saturated heterocycles. The number of benzene rings is 1. The van der Waals surface area contributed by atoms with E-state index in [0.717, 1.165) is 6.54 Å². The summed E-state index contributed by atoms with van der Waals surface area (Å²) in [5.74, 6) is 0.591. The Balaban J connectivity index is 2.12. The molecule has 0 spiro atoms. The van der Waals surface area contributed by atoms with Gasteiger partial charge in [-0.25, -0.2) is 4.98 Å². The fourth-order valence-electron chi connectivity index (χ4n) is 3.49. The summed E-state index contributed by atoms with van der Waals surface area (Å²) in [6.07, 6.45) is 0. The van der Waals surface area contributed by atoms with E-state index in [-0.39, 0.29) is 17.5 Å². The average Bonchev–Trinajstić information content (AvgIpc) is 3.29. The lowest BCUT2D eigenvalue weighted by Crippen LogP contribution is -2.42. The van der Waals surface area contributed by atoms with Crippen molar-refractivity contribution in [3.05, 3.63) is 28.8 Å². The molecule has 2 amide bonds. The Morgan fingerprint density at radius 1 is 1.00 bits per heavy atom. The summed E-state index contributed by atoms with van der Waals surface area (Å²) in [4.78, 5) is 33.8. The van der Waals surface area contributed by atoms with E-state index in [1.54, 1.807) is 24.6 Å². The maximum Gasteiger partial charge on any atom is 0.270 e. The highest BCUT2D eigenvalue weighted by Crippen LogP contribution is 2.35. The molecule has 0 aliphatic rings. The number of ether oxygens (including phenoxy) is 3. The van der Waals surface area contributed by atoms with Crippen LogP contribution in [-0.4, -0.2) is 75.2 Å². The van der Waals surface area contributed by atoms with Crippen LogP contribution in [0.5, 0.6) is 17.2 Å². The first kappa shape index (κ1) is 26.4. The number of methoxy groups -OCH3 is 3. The van der Waals surface area contributed by atoms with Crippen molar-refractivity contribution in [2.75, 3.05) is 46.4 Å². The van der Waals surface area contributed by atoms with Gasteiger partial charge in [-0.05, 0) is 27.7 Å². The first-order valence-electron chi connectivity index (χ1n) is 10.7. The molecule has 9 nitrogen and oxygen atoms in total. The predicted octanol–water partition coefficient (Wildman–Crippen LogP) is 3.29. The Hall–Kier alpha value is -2.85. The van der Waals surface area contributed by atoms with Crippen LogP contribution in [0, 0.1) is 0 Å². The van der Waals surface area contributed by atoms with E-state index in [1.165, 1.54) is 37.6 Å². The highest BCUT2D eigenvalue weighted by molar-refractivity contribution is 7.14. The molecule has 0 atom stereocenters. The Labute approximate surface area is 199 Å². The lowest BCUT2D eigenvalue weighted by atomic mass is 10.1. The molecule has 10 heteroatoms. The molecule has 0 aliphatic carbocycles. The van der Waals surface area contributed by atoms with Crippen molar-refractivity contribution in [2.45, 2.75) is 39.8 Å². The molecule has 0 radical (unpaired) electrons. The molecule has 1 N–H and O–H groups in total. The Morgan fingerprint density at radius 2 is 1.58 bits per heavy atom. The molecule has 0 unspecified atom stereocenters. The van der Waals surface area contributed by atoms with Gasteiger partial charge in [0.15, 0.2) is 16.6 Å². The molecular weight excluding hydrogens is 444 g/mol. The van der Waals surface area contributed by atoms with Crippen molar-refractivity contribution in [1.82, 2.24) is 15.2 Å². The Bertz CT molecular complexity index is 952. The Morgan fingerprint density at radius 3 is 2.12 bits per heavy atom. The van der Waals surface area contributed by atoms with Crippen LogP contribution in [0.1, 0.15) is 48.5 Å². The van der Waals surface area contributed by atoms with Crippen molar-refractivity contribution in [2.24, 2.45) is 0 Å².